The number of methoxy groups -OCH3 is 2. The SMILES string of the molecule is C=CCC[C@@H](c1cc(OC)ccc1OC)N1CCNCC1. The van der Waals surface area contributed by atoms with Crippen LogP contribution in [0.1, 0.15) is 24.4 Å². The van der Waals surface area contributed by atoms with E-state index in [0.29, 0.717) is 6.04 Å². The third-order valence-corrected chi connectivity index (χ3v) is 4.03. The minimum absolute atomic E-state index is 0.343. The molecule has 1 fully saturated rings. The minimum Gasteiger partial charge on any atom is -0.497 e. The average molecular weight is 290 g/mol. The molecule has 0 amide bonds. The number of benzene rings is 1. The summed E-state index contributed by atoms with van der Waals surface area (Å²) in [4.78, 5) is 2.53. The Hall–Kier alpha value is -1.52. The number of allylic oxidation sites excluding steroid dienone is 1. The van der Waals surface area contributed by atoms with Crippen molar-refractivity contribution in [3.63, 3.8) is 0 Å². The molecule has 1 saturated heterocycles. The summed E-state index contributed by atoms with van der Waals surface area (Å²) >= 11 is 0. The Balaban J connectivity index is 2.31. The average Bonchev–Trinajstić information content (AvgIpc) is 2.56. The van der Waals surface area contributed by atoms with Crippen LogP contribution in [0, 0.1) is 0 Å². The summed E-state index contributed by atoms with van der Waals surface area (Å²) in [6.07, 6.45) is 4.03. The first kappa shape index (κ1) is 15.9. The van der Waals surface area contributed by atoms with Gasteiger partial charge in [0.2, 0.25) is 0 Å². The van der Waals surface area contributed by atoms with Crippen molar-refractivity contribution in [3.8, 4) is 11.5 Å². The normalized spacial score (nSPS) is 17.2. The number of nitrogens with zero attached hydrogens (tertiary/aromatic N) is 1. The number of hydrogen-bond donors (Lipinski definition) is 1. The number of hydrogen-bond acceptors (Lipinski definition) is 4. The van der Waals surface area contributed by atoms with E-state index >= 15 is 0 Å². The molecule has 0 aromatic heterocycles. The summed E-state index contributed by atoms with van der Waals surface area (Å²) in [7, 11) is 3.43. The molecule has 0 bridgehead atoms. The zero-order valence-electron chi connectivity index (χ0n) is 13.1. The zero-order valence-corrected chi connectivity index (χ0v) is 13.1. The molecule has 0 aliphatic carbocycles. The van der Waals surface area contributed by atoms with Crippen LogP contribution in [0.25, 0.3) is 0 Å². The molecule has 116 valence electrons. The first-order valence-corrected chi connectivity index (χ1v) is 7.57. The van der Waals surface area contributed by atoms with Crippen LogP contribution in [-0.2, 0) is 0 Å². The van der Waals surface area contributed by atoms with Crippen LogP contribution in [0.15, 0.2) is 30.9 Å². The van der Waals surface area contributed by atoms with E-state index in [4.69, 9.17) is 9.47 Å². The Morgan fingerprint density at radius 1 is 1.29 bits per heavy atom. The Morgan fingerprint density at radius 3 is 2.67 bits per heavy atom. The highest BCUT2D eigenvalue weighted by Crippen LogP contribution is 2.35. The van der Waals surface area contributed by atoms with Gasteiger partial charge < -0.3 is 14.8 Å². The van der Waals surface area contributed by atoms with Gasteiger partial charge in [-0.1, -0.05) is 6.08 Å². The van der Waals surface area contributed by atoms with E-state index in [-0.39, 0.29) is 0 Å². The van der Waals surface area contributed by atoms with Crippen molar-refractivity contribution in [2.24, 2.45) is 0 Å². The van der Waals surface area contributed by atoms with Crippen molar-refractivity contribution in [2.45, 2.75) is 18.9 Å². The van der Waals surface area contributed by atoms with Crippen molar-refractivity contribution < 1.29 is 9.47 Å². The predicted octanol–water partition coefficient (Wildman–Crippen LogP) is 2.62. The molecule has 1 aromatic carbocycles. The molecule has 1 heterocycles. The summed E-state index contributed by atoms with van der Waals surface area (Å²) < 4.78 is 11.0. The molecule has 1 atom stereocenters. The van der Waals surface area contributed by atoms with E-state index in [1.165, 1.54) is 5.56 Å². The van der Waals surface area contributed by atoms with Crippen molar-refractivity contribution in [1.82, 2.24) is 10.2 Å². The molecule has 1 aliphatic rings. The van der Waals surface area contributed by atoms with Gasteiger partial charge >= 0.3 is 0 Å². The summed E-state index contributed by atoms with van der Waals surface area (Å²) in [6.45, 7) is 8.05. The standard InChI is InChI=1S/C17H26N2O2/c1-4-5-6-16(19-11-9-18-10-12-19)15-13-14(20-2)7-8-17(15)21-3/h4,7-8,13,16,18H,1,5-6,9-12H2,2-3H3/t16-/m0/s1. The first-order valence-electron chi connectivity index (χ1n) is 7.57. The van der Waals surface area contributed by atoms with Gasteiger partial charge in [0.05, 0.1) is 14.2 Å². The Morgan fingerprint density at radius 2 is 2.05 bits per heavy atom. The molecule has 0 spiro atoms. The second-order valence-electron chi connectivity index (χ2n) is 5.28. The van der Waals surface area contributed by atoms with Gasteiger partial charge in [0.15, 0.2) is 0 Å². The van der Waals surface area contributed by atoms with Crippen molar-refractivity contribution >= 4 is 0 Å². The highest BCUT2D eigenvalue weighted by atomic mass is 16.5. The van der Waals surface area contributed by atoms with Crippen LogP contribution < -0.4 is 14.8 Å². The van der Waals surface area contributed by atoms with Crippen LogP contribution in [0.3, 0.4) is 0 Å². The molecule has 1 N–H and O–H groups in total. The molecule has 1 aromatic rings. The number of nitrogens with one attached hydrogen (secondary N) is 1. The lowest BCUT2D eigenvalue weighted by Crippen LogP contribution is -2.45. The van der Waals surface area contributed by atoms with Crippen molar-refractivity contribution in [3.05, 3.63) is 36.4 Å². The molecule has 4 heteroatoms. The summed E-state index contributed by atoms with van der Waals surface area (Å²) in [5.74, 6) is 1.81. The smallest absolute Gasteiger partial charge is 0.123 e. The third-order valence-electron chi connectivity index (χ3n) is 4.03. The van der Waals surface area contributed by atoms with Gasteiger partial charge in [0.25, 0.3) is 0 Å². The molecule has 2 rings (SSSR count). The topological polar surface area (TPSA) is 33.7 Å². The number of rotatable bonds is 7. The maximum Gasteiger partial charge on any atom is 0.123 e. The van der Waals surface area contributed by atoms with Crippen LogP contribution in [0.5, 0.6) is 11.5 Å². The Kier molecular flexibility index (Phi) is 6.08. The maximum atomic E-state index is 5.57. The van der Waals surface area contributed by atoms with E-state index in [1.54, 1.807) is 14.2 Å². The van der Waals surface area contributed by atoms with E-state index in [1.807, 2.05) is 18.2 Å². The lowest BCUT2D eigenvalue weighted by Gasteiger charge is -2.36. The monoisotopic (exact) mass is 290 g/mol. The second-order valence-corrected chi connectivity index (χ2v) is 5.28. The summed E-state index contributed by atoms with van der Waals surface area (Å²) in [5, 5.41) is 3.41. The minimum atomic E-state index is 0.343. The van der Waals surface area contributed by atoms with E-state index in [2.05, 4.69) is 22.9 Å². The highest BCUT2D eigenvalue weighted by molar-refractivity contribution is 5.42. The number of ether oxygens (including phenoxy) is 2. The molecule has 0 unspecified atom stereocenters. The third kappa shape index (κ3) is 3.99. The van der Waals surface area contributed by atoms with Crippen LogP contribution in [0.2, 0.25) is 0 Å². The van der Waals surface area contributed by atoms with Gasteiger partial charge in [-0.15, -0.1) is 6.58 Å². The van der Waals surface area contributed by atoms with Crippen LogP contribution in [-0.4, -0.2) is 45.3 Å². The largest absolute Gasteiger partial charge is 0.497 e. The van der Waals surface area contributed by atoms with Crippen LogP contribution >= 0.6 is 0 Å². The van der Waals surface area contributed by atoms with Crippen molar-refractivity contribution in [1.29, 1.82) is 0 Å². The molecule has 21 heavy (non-hydrogen) atoms. The zero-order chi connectivity index (χ0) is 15.1. The Labute approximate surface area is 127 Å². The maximum absolute atomic E-state index is 5.57. The molecular formula is C17H26N2O2. The van der Waals surface area contributed by atoms with Gasteiger partial charge in [-0.3, -0.25) is 4.90 Å². The van der Waals surface area contributed by atoms with Crippen molar-refractivity contribution in [2.75, 3.05) is 40.4 Å². The summed E-state index contributed by atoms with van der Waals surface area (Å²) in [5.41, 5.74) is 1.21. The molecule has 0 saturated carbocycles. The van der Waals surface area contributed by atoms with Gasteiger partial charge in [-0.05, 0) is 31.0 Å². The summed E-state index contributed by atoms with van der Waals surface area (Å²) in [6, 6.07) is 6.39. The lowest BCUT2D eigenvalue weighted by molar-refractivity contribution is 0.163. The first-order chi connectivity index (χ1) is 10.3. The van der Waals surface area contributed by atoms with E-state index in [0.717, 1.165) is 50.5 Å². The van der Waals surface area contributed by atoms with Crippen LogP contribution in [0.4, 0.5) is 0 Å². The van der Waals surface area contributed by atoms with Gasteiger partial charge in [-0.2, -0.15) is 0 Å². The van der Waals surface area contributed by atoms with Gasteiger partial charge in [0.1, 0.15) is 11.5 Å². The van der Waals surface area contributed by atoms with E-state index in [9.17, 15) is 0 Å². The fourth-order valence-electron chi connectivity index (χ4n) is 2.90. The van der Waals surface area contributed by atoms with Gasteiger partial charge in [0, 0.05) is 37.8 Å². The fraction of sp³-hybridized carbons (Fsp3) is 0.529. The second kappa shape index (κ2) is 8.05. The number of piperazine rings is 1. The molecule has 0 radical (unpaired) electrons. The molecule has 4 nitrogen and oxygen atoms in total. The quantitative estimate of drug-likeness (QED) is 0.783. The molecule has 1 aliphatic heterocycles. The molecular weight excluding hydrogens is 264 g/mol. The predicted molar refractivity (Wildman–Crippen MR) is 86.2 cm³/mol. The van der Waals surface area contributed by atoms with E-state index < -0.39 is 0 Å². The Bertz CT molecular complexity index is 456. The van der Waals surface area contributed by atoms with Gasteiger partial charge in [-0.25, -0.2) is 0 Å². The lowest BCUT2D eigenvalue weighted by atomic mass is 9.98. The fourth-order valence-corrected chi connectivity index (χ4v) is 2.90. The highest BCUT2D eigenvalue weighted by Gasteiger charge is 2.24.